The van der Waals surface area contributed by atoms with E-state index in [1.807, 2.05) is 13.1 Å². The summed E-state index contributed by atoms with van der Waals surface area (Å²) in [5.41, 5.74) is -0.0201. The maximum absolute atomic E-state index is 12.4. The number of rotatable bonds is 3. The molecule has 0 radical (unpaired) electrons. The molecule has 2 rings (SSSR count). The van der Waals surface area contributed by atoms with Crippen molar-refractivity contribution in [3.05, 3.63) is 29.3 Å². The molecule has 1 aliphatic rings. The summed E-state index contributed by atoms with van der Waals surface area (Å²) >= 11 is 5.92. The van der Waals surface area contributed by atoms with Crippen LogP contribution in [0.4, 0.5) is 0 Å². The Hall–Kier alpha value is -1.40. The molecule has 0 amide bonds. The predicted octanol–water partition coefficient (Wildman–Crippen LogP) is 2.66. The summed E-state index contributed by atoms with van der Waals surface area (Å²) in [5.74, 6) is 0.512. The van der Waals surface area contributed by atoms with Crippen molar-refractivity contribution in [2.75, 3.05) is 13.1 Å². The lowest BCUT2D eigenvalue weighted by molar-refractivity contribution is 0.379. The van der Waals surface area contributed by atoms with E-state index < -0.39 is 11.0 Å². The number of hydrogen-bond donors (Lipinski definition) is 1. The maximum atomic E-state index is 12.4. The van der Waals surface area contributed by atoms with Gasteiger partial charge in [-0.25, -0.2) is 9.22 Å². The molecule has 0 fully saturated rings. The van der Waals surface area contributed by atoms with Crippen LogP contribution in [0.25, 0.3) is 0 Å². The number of guanidine groups is 1. The molecule has 0 bridgehead atoms. The van der Waals surface area contributed by atoms with E-state index in [0.29, 0.717) is 29.0 Å². The Morgan fingerprint density at radius 2 is 2.33 bits per heavy atom. The number of nitrogens with zero attached hydrogens (tertiary/aromatic N) is 3. The fourth-order valence-electron chi connectivity index (χ4n) is 1.86. The Bertz CT molecular complexity index is 600. The lowest BCUT2D eigenvalue weighted by Crippen LogP contribution is -2.40. The molecule has 1 atom stereocenters. The first kappa shape index (κ1) is 16.0. The molecule has 0 spiro atoms. The molecule has 1 N–H and O–H groups in total. The van der Waals surface area contributed by atoms with E-state index in [2.05, 4.69) is 28.7 Å². The average molecular weight is 327 g/mol. The van der Waals surface area contributed by atoms with Crippen molar-refractivity contribution in [3.8, 4) is 0 Å². The summed E-state index contributed by atoms with van der Waals surface area (Å²) < 4.78 is 15.3. The predicted molar refractivity (Wildman–Crippen MR) is 88.0 cm³/mol. The fourth-order valence-corrected chi connectivity index (χ4v) is 3.01. The summed E-state index contributed by atoms with van der Waals surface area (Å²) in [6.45, 7) is 7.39. The highest BCUT2D eigenvalue weighted by Gasteiger charge is 2.28. The van der Waals surface area contributed by atoms with Gasteiger partial charge in [0.1, 0.15) is 0 Å². The molecule has 1 aliphatic heterocycles. The number of benzene rings is 1. The molecule has 114 valence electrons. The summed E-state index contributed by atoms with van der Waals surface area (Å²) in [5, 5.41) is 6.62. The van der Waals surface area contributed by atoms with Gasteiger partial charge in [-0.3, -0.25) is 9.71 Å². The van der Waals surface area contributed by atoms with E-state index in [-0.39, 0.29) is 5.41 Å². The minimum absolute atomic E-state index is 0.0201. The second kappa shape index (κ2) is 6.58. The molecule has 0 aromatic heterocycles. The number of aliphatic imine (C=N–C) groups is 1. The minimum atomic E-state index is -1.43. The quantitative estimate of drug-likeness (QED) is 0.685. The summed E-state index contributed by atoms with van der Waals surface area (Å²) in [6, 6.07) is 6.95. The van der Waals surface area contributed by atoms with E-state index >= 15 is 0 Å². The first-order chi connectivity index (χ1) is 9.91. The normalized spacial score (nSPS) is 18.9. The lowest BCUT2D eigenvalue weighted by atomic mass is 9.97. The summed E-state index contributed by atoms with van der Waals surface area (Å²) in [4.78, 5) is 4.96. The van der Waals surface area contributed by atoms with Crippen LogP contribution < -0.4 is 4.72 Å². The monoisotopic (exact) mass is 326 g/mol. The first-order valence-electron chi connectivity index (χ1n) is 6.72. The van der Waals surface area contributed by atoms with Crippen molar-refractivity contribution in [1.82, 2.24) is 9.73 Å². The molecular weight excluding hydrogens is 308 g/mol. The minimum Gasteiger partial charge on any atom is -0.270 e. The first-order valence-corrected chi connectivity index (χ1v) is 8.25. The van der Waals surface area contributed by atoms with Crippen molar-refractivity contribution in [1.29, 1.82) is 0 Å². The largest absolute Gasteiger partial charge is 0.270 e. The molecule has 1 aromatic rings. The van der Waals surface area contributed by atoms with Crippen LogP contribution >= 0.6 is 11.6 Å². The van der Waals surface area contributed by atoms with Crippen molar-refractivity contribution in [2.45, 2.75) is 25.7 Å². The standard InChI is InChI=1S/C14H19ClN4OS/c1-4-16-13(19-10-14(2,3)9-17-19)18-21(20)12-7-5-6-11(15)8-12/h5-9H,4,10H2,1-3H3,(H,16,18). The van der Waals surface area contributed by atoms with Crippen molar-refractivity contribution in [3.63, 3.8) is 0 Å². The SMILES string of the molecule is CCN=C(NS(=O)c1cccc(Cl)c1)N1CC(C)(C)C=N1. The number of halogens is 1. The van der Waals surface area contributed by atoms with Crippen LogP contribution in [0, 0.1) is 5.41 Å². The molecule has 21 heavy (non-hydrogen) atoms. The van der Waals surface area contributed by atoms with Gasteiger partial charge < -0.3 is 0 Å². The molecule has 1 heterocycles. The van der Waals surface area contributed by atoms with Gasteiger partial charge in [0.25, 0.3) is 0 Å². The third kappa shape index (κ3) is 4.28. The molecular formula is C14H19ClN4OS. The Morgan fingerprint density at radius 3 is 2.90 bits per heavy atom. The Morgan fingerprint density at radius 1 is 1.57 bits per heavy atom. The van der Waals surface area contributed by atoms with Gasteiger partial charge in [-0.1, -0.05) is 31.5 Å². The molecule has 1 unspecified atom stereocenters. The highest BCUT2D eigenvalue weighted by molar-refractivity contribution is 7.83. The van der Waals surface area contributed by atoms with Crippen LogP contribution in [0.5, 0.6) is 0 Å². The third-order valence-electron chi connectivity index (χ3n) is 2.85. The second-order valence-corrected chi connectivity index (χ2v) is 7.07. The van der Waals surface area contributed by atoms with Crippen LogP contribution in [0.3, 0.4) is 0 Å². The van der Waals surface area contributed by atoms with Gasteiger partial charge in [0.2, 0.25) is 5.96 Å². The number of hydrogen-bond acceptors (Lipinski definition) is 3. The molecule has 0 saturated heterocycles. The summed E-state index contributed by atoms with van der Waals surface area (Å²) in [7, 11) is -1.43. The van der Waals surface area contributed by atoms with Gasteiger partial charge in [-0.05, 0) is 25.1 Å². The molecule has 0 aliphatic carbocycles. The third-order valence-corrected chi connectivity index (χ3v) is 4.14. The van der Waals surface area contributed by atoms with Gasteiger partial charge in [0.15, 0.2) is 11.0 Å². The molecule has 1 aromatic carbocycles. The van der Waals surface area contributed by atoms with E-state index in [1.54, 1.807) is 29.3 Å². The van der Waals surface area contributed by atoms with Crippen LogP contribution in [0.15, 0.2) is 39.3 Å². The van der Waals surface area contributed by atoms with E-state index in [1.165, 1.54) is 0 Å². The Labute approximate surface area is 132 Å². The van der Waals surface area contributed by atoms with E-state index in [4.69, 9.17) is 11.6 Å². The summed E-state index contributed by atoms with van der Waals surface area (Å²) in [6.07, 6.45) is 1.88. The van der Waals surface area contributed by atoms with Crippen molar-refractivity contribution >= 4 is 34.8 Å². The Balaban J connectivity index is 2.13. The number of hydrazone groups is 1. The van der Waals surface area contributed by atoms with Crippen LogP contribution in [-0.4, -0.2) is 34.5 Å². The van der Waals surface area contributed by atoms with Gasteiger partial charge in [0, 0.05) is 23.2 Å². The number of nitrogens with one attached hydrogen (secondary N) is 1. The Kier molecular flexibility index (Phi) is 5.00. The highest BCUT2D eigenvalue weighted by Crippen LogP contribution is 2.21. The van der Waals surface area contributed by atoms with Crippen LogP contribution in [-0.2, 0) is 11.0 Å². The smallest absolute Gasteiger partial charge is 0.227 e. The maximum Gasteiger partial charge on any atom is 0.227 e. The lowest BCUT2D eigenvalue weighted by Gasteiger charge is -2.21. The van der Waals surface area contributed by atoms with Gasteiger partial charge in [-0.15, -0.1) is 0 Å². The second-order valence-electron chi connectivity index (χ2n) is 5.42. The van der Waals surface area contributed by atoms with Crippen molar-refractivity contribution in [2.24, 2.45) is 15.5 Å². The average Bonchev–Trinajstić information content (AvgIpc) is 2.78. The van der Waals surface area contributed by atoms with Gasteiger partial charge in [0.05, 0.1) is 11.4 Å². The molecule has 7 heteroatoms. The topological polar surface area (TPSA) is 57.1 Å². The van der Waals surface area contributed by atoms with Crippen LogP contribution in [0.1, 0.15) is 20.8 Å². The molecule has 5 nitrogen and oxygen atoms in total. The van der Waals surface area contributed by atoms with E-state index in [0.717, 1.165) is 0 Å². The van der Waals surface area contributed by atoms with Gasteiger partial charge >= 0.3 is 0 Å². The zero-order valence-corrected chi connectivity index (χ0v) is 13.9. The van der Waals surface area contributed by atoms with Gasteiger partial charge in [-0.2, -0.15) is 5.10 Å². The zero-order valence-electron chi connectivity index (χ0n) is 12.3. The van der Waals surface area contributed by atoms with Crippen molar-refractivity contribution < 1.29 is 4.21 Å². The molecule has 0 saturated carbocycles. The van der Waals surface area contributed by atoms with E-state index in [9.17, 15) is 4.21 Å². The fraction of sp³-hybridized carbons (Fsp3) is 0.429. The van der Waals surface area contributed by atoms with Crippen LogP contribution in [0.2, 0.25) is 5.02 Å². The zero-order chi connectivity index (χ0) is 15.5. The highest BCUT2D eigenvalue weighted by atomic mass is 35.5.